The lowest BCUT2D eigenvalue weighted by Crippen LogP contribution is -2.47. The van der Waals surface area contributed by atoms with Crippen molar-refractivity contribution in [3.63, 3.8) is 0 Å². The van der Waals surface area contributed by atoms with E-state index in [9.17, 15) is 4.79 Å². The number of nitrogens with two attached hydrogens (primary N) is 1. The van der Waals surface area contributed by atoms with Gasteiger partial charge in [-0.25, -0.2) is 0 Å². The van der Waals surface area contributed by atoms with E-state index in [0.717, 1.165) is 30.6 Å². The summed E-state index contributed by atoms with van der Waals surface area (Å²) >= 11 is 0. The smallest absolute Gasteiger partial charge is 0.237 e. The quantitative estimate of drug-likeness (QED) is 0.787. The zero-order chi connectivity index (χ0) is 16.7. The lowest BCUT2D eigenvalue weighted by Gasteiger charge is -2.28. The zero-order valence-electron chi connectivity index (χ0n) is 14.5. The van der Waals surface area contributed by atoms with Crippen molar-refractivity contribution >= 4 is 18.3 Å². The molecule has 1 aromatic rings. The van der Waals surface area contributed by atoms with Gasteiger partial charge in [-0.3, -0.25) is 4.79 Å². The van der Waals surface area contributed by atoms with Crippen molar-refractivity contribution in [3.05, 3.63) is 29.8 Å². The van der Waals surface area contributed by atoms with Gasteiger partial charge in [-0.15, -0.1) is 12.4 Å². The third-order valence-corrected chi connectivity index (χ3v) is 4.29. The Hall–Kier alpha value is -1.30. The first-order valence-corrected chi connectivity index (χ1v) is 8.48. The molecule has 1 heterocycles. The molecule has 1 amide bonds. The average Bonchev–Trinajstić information content (AvgIpc) is 2.60. The predicted molar refractivity (Wildman–Crippen MR) is 97.6 cm³/mol. The minimum absolute atomic E-state index is 0. The molecule has 5 nitrogen and oxygen atoms in total. The number of ether oxygens (including phenoxy) is 2. The van der Waals surface area contributed by atoms with Crippen molar-refractivity contribution in [2.45, 2.75) is 45.2 Å². The molecule has 1 aliphatic heterocycles. The Kier molecular flexibility index (Phi) is 9.11. The molecule has 0 aromatic heterocycles. The van der Waals surface area contributed by atoms with Crippen LogP contribution in [0.1, 0.15) is 44.7 Å². The third kappa shape index (κ3) is 5.96. The summed E-state index contributed by atoms with van der Waals surface area (Å²) in [7, 11) is 0. The van der Waals surface area contributed by atoms with Crippen molar-refractivity contribution < 1.29 is 14.3 Å². The predicted octanol–water partition coefficient (Wildman–Crippen LogP) is 2.83. The summed E-state index contributed by atoms with van der Waals surface area (Å²) in [5, 5.41) is 3.01. The zero-order valence-corrected chi connectivity index (χ0v) is 15.3. The lowest BCUT2D eigenvalue weighted by molar-refractivity contribution is -0.125. The van der Waals surface area contributed by atoms with E-state index in [4.69, 9.17) is 15.2 Å². The van der Waals surface area contributed by atoms with Crippen molar-refractivity contribution in [2.75, 3.05) is 19.8 Å². The first-order valence-electron chi connectivity index (χ1n) is 8.48. The van der Waals surface area contributed by atoms with Crippen LogP contribution in [-0.4, -0.2) is 31.8 Å². The van der Waals surface area contributed by atoms with Gasteiger partial charge in [0.2, 0.25) is 5.91 Å². The summed E-state index contributed by atoms with van der Waals surface area (Å²) in [5.41, 5.74) is 7.15. The van der Waals surface area contributed by atoms with E-state index < -0.39 is 6.04 Å². The van der Waals surface area contributed by atoms with E-state index in [1.807, 2.05) is 31.2 Å². The fraction of sp³-hybridized carbons (Fsp3) is 0.611. The average molecular weight is 357 g/mol. The number of halogens is 1. The Morgan fingerprint density at radius 2 is 1.96 bits per heavy atom. The van der Waals surface area contributed by atoms with Crippen LogP contribution >= 0.6 is 12.4 Å². The summed E-state index contributed by atoms with van der Waals surface area (Å²) in [6.07, 6.45) is 2.69. The molecule has 0 radical (unpaired) electrons. The van der Waals surface area contributed by atoms with Crippen LogP contribution in [0.5, 0.6) is 5.75 Å². The van der Waals surface area contributed by atoms with Crippen LogP contribution < -0.4 is 15.8 Å². The Balaban J connectivity index is 0.00000288. The van der Waals surface area contributed by atoms with Gasteiger partial charge in [-0.05, 0) is 49.8 Å². The van der Waals surface area contributed by atoms with Crippen LogP contribution in [0.25, 0.3) is 0 Å². The molecule has 2 atom stereocenters. The Bertz CT molecular complexity index is 490. The largest absolute Gasteiger partial charge is 0.494 e. The van der Waals surface area contributed by atoms with E-state index in [0.29, 0.717) is 19.8 Å². The molecule has 0 saturated carbocycles. The molecule has 0 aliphatic carbocycles. The van der Waals surface area contributed by atoms with Crippen molar-refractivity contribution in [1.29, 1.82) is 0 Å². The number of benzene rings is 1. The first-order chi connectivity index (χ1) is 11.1. The van der Waals surface area contributed by atoms with Crippen LogP contribution in [0.3, 0.4) is 0 Å². The number of amides is 1. The second-order valence-corrected chi connectivity index (χ2v) is 6.12. The Morgan fingerprint density at radius 3 is 2.54 bits per heavy atom. The van der Waals surface area contributed by atoms with E-state index >= 15 is 0 Å². The summed E-state index contributed by atoms with van der Waals surface area (Å²) in [4.78, 5) is 12.3. The van der Waals surface area contributed by atoms with Crippen molar-refractivity contribution in [2.24, 2.45) is 11.7 Å². The van der Waals surface area contributed by atoms with Crippen LogP contribution in [0.4, 0.5) is 0 Å². The number of rotatable bonds is 7. The van der Waals surface area contributed by atoms with Gasteiger partial charge in [0.15, 0.2) is 0 Å². The molecule has 2 rings (SSSR count). The second kappa shape index (κ2) is 10.5. The molecule has 1 fully saturated rings. The molecule has 6 heteroatoms. The highest BCUT2D eigenvalue weighted by Crippen LogP contribution is 2.20. The van der Waals surface area contributed by atoms with Crippen LogP contribution in [-0.2, 0) is 9.53 Å². The van der Waals surface area contributed by atoms with Gasteiger partial charge in [0.1, 0.15) is 5.75 Å². The molecule has 1 saturated heterocycles. The molecule has 136 valence electrons. The van der Waals surface area contributed by atoms with Crippen molar-refractivity contribution in [1.82, 2.24) is 5.32 Å². The van der Waals surface area contributed by atoms with Crippen molar-refractivity contribution in [3.8, 4) is 5.75 Å². The van der Waals surface area contributed by atoms with Crippen LogP contribution in [0.2, 0.25) is 0 Å². The molecule has 24 heavy (non-hydrogen) atoms. The van der Waals surface area contributed by atoms with E-state index in [1.165, 1.54) is 0 Å². The molecule has 3 N–H and O–H groups in total. The lowest BCUT2D eigenvalue weighted by atomic mass is 9.91. The van der Waals surface area contributed by atoms with Gasteiger partial charge >= 0.3 is 0 Å². The van der Waals surface area contributed by atoms with E-state index in [-0.39, 0.29) is 30.3 Å². The Labute approximate surface area is 150 Å². The van der Waals surface area contributed by atoms with Gasteiger partial charge in [0.05, 0.1) is 18.7 Å². The van der Waals surface area contributed by atoms with Gasteiger partial charge in [-0.1, -0.05) is 19.1 Å². The van der Waals surface area contributed by atoms with Gasteiger partial charge < -0.3 is 20.5 Å². The highest BCUT2D eigenvalue weighted by atomic mass is 35.5. The standard InChI is InChI=1S/C18H28N2O3.ClH/c1-3-10-23-16-6-4-14(5-7-16)13(2)20-18(21)17(19)15-8-11-22-12-9-15;/h4-7,13,15,17H,3,8-12,19H2,1-2H3,(H,20,21);1H. The molecule has 2 unspecified atom stereocenters. The number of carbonyl (C=O) groups excluding carboxylic acids is 1. The molecule has 1 aromatic carbocycles. The highest BCUT2D eigenvalue weighted by molar-refractivity contribution is 5.85. The first kappa shape index (κ1) is 20.7. The topological polar surface area (TPSA) is 73.6 Å². The minimum atomic E-state index is -0.464. The molecule has 0 spiro atoms. The van der Waals surface area contributed by atoms with Gasteiger partial charge in [-0.2, -0.15) is 0 Å². The summed E-state index contributed by atoms with van der Waals surface area (Å²) in [5.74, 6) is 0.976. The normalized spacial score (nSPS) is 17.5. The Morgan fingerprint density at radius 1 is 1.33 bits per heavy atom. The van der Waals surface area contributed by atoms with Gasteiger partial charge in [0.25, 0.3) is 0 Å². The fourth-order valence-electron chi connectivity index (χ4n) is 2.75. The maximum Gasteiger partial charge on any atom is 0.237 e. The molecular weight excluding hydrogens is 328 g/mol. The molecule has 1 aliphatic rings. The van der Waals surface area contributed by atoms with Crippen LogP contribution in [0, 0.1) is 5.92 Å². The summed E-state index contributed by atoms with van der Waals surface area (Å²) in [6, 6.07) is 7.30. The number of hydrogen-bond acceptors (Lipinski definition) is 4. The summed E-state index contributed by atoms with van der Waals surface area (Å²) < 4.78 is 10.9. The molecule has 0 bridgehead atoms. The van der Waals surface area contributed by atoms with E-state index in [1.54, 1.807) is 0 Å². The maximum absolute atomic E-state index is 12.3. The number of nitrogens with one attached hydrogen (secondary N) is 1. The SMILES string of the molecule is CCCOc1ccc(C(C)NC(=O)C(N)C2CCOCC2)cc1.Cl. The number of carbonyl (C=O) groups is 1. The van der Waals surface area contributed by atoms with Crippen LogP contribution in [0.15, 0.2) is 24.3 Å². The monoisotopic (exact) mass is 356 g/mol. The maximum atomic E-state index is 12.3. The third-order valence-electron chi connectivity index (χ3n) is 4.29. The minimum Gasteiger partial charge on any atom is -0.494 e. The molecular formula is C18H29ClN2O3. The second-order valence-electron chi connectivity index (χ2n) is 6.12. The summed E-state index contributed by atoms with van der Waals surface area (Å²) in [6.45, 7) is 6.15. The highest BCUT2D eigenvalue weighted by Gasteiger charge is 2.27. The number of hydrogen-bond donors (Lipinski definition) is 2. The van der Waals surface area contributed by atoms with Gasteiger partial charge in [0, 0.05) is 13.2 Å². The fourth-order valence-corrected chi connectivity index (χ4v) is 2.75. The van der Waals surface area contributed by atoms with E-state index in [2.05, 4.69) is 12.2 Å².